The van der Waals surface area contributed by atoms with E-state index in [-0.39, 0.29) is 5.34 Å². The minimum atomic E-state index is -0.708. The number of carbonyl (C=O) groups is 2. The maximum Gasteiger partial charge on any atom is 0.386 e. The Labute approximate surface area is 132 Å². The molecule has 0 radical (unpaired) electrons. The molecule has 2 aromatic rings. The van der Waals surface area contributed by atoms with Gasteiger partial charge in [-0.25, -0.2) is 19.4 Å². The van der Waals surface area contributed by atoms with Crippen molar-refractivity contribution in [3.8, 4) is 0 Å². The first-order valence-electron chi connectivity index (χ1n) is 5.84. The molecule has 0 N–H and O–H groups in total. The van der Waals surface area contributed by atoms with Gasteiger partial charge in [0.1, 0.15) is 0 Å². The van der Waals surface area contributed by atoms with Crippen LogP contribution in [0.2, 0.25) is 0 Å². The zero-order valence-electron chi connectivity index (χ0n) is 10.9. The van der Waals surface area contributed by atoms with Gasteiger partial charge in [0.05, 0.1) is 16.5 Å². The highest BCUT2D eigenvalue weighted by Gasteiger charge is 2.12. The van der Waals surface area contributed by atoms with Gasteiger partial charge in [-0.2, -0.15) is 0 Å². The molecule has 0 saturated heterocycles. The minimum Gasteiger partial charge on any atom is -0.242 e. The van der Waals surface area contributed by atoms with E-state index in [2.05, 4.69) is 9.78 Å². The summed E-state index contributed by atoms with van der Waals surface area (Å²) >= 11 is 9.53. The van der Waals surface area contributed by atoms with Crippen molar-refractivity contribution in [1.82, 2.24) is 0 Å². The lowest BCUT2D eigenvalue weighted by Gasteiger charge is -2.02. The number of halogens is 2. The fraction of sp³-hybridized carbons (Fsp3) is 0.0667. The van der Waals surface area contributed by atoms with Crippen molar-refractivity contribution in [1.29, 1.82) is 0 Å². The van der Waals surface area contributed by atoms with Crippen LogP contribution in [0, 0.1) is 0 Å². The van der Waals surface area contributed by atoms with E-state index >= 15 is 0 Å². The van der Waals surface area contributed by atoms with Crippen molar-refractivity contribution in [2.75, 3.05) is 5.34 Å². The summed E-state index contributed by atoms with van der Waals surface area (Å²) in [6.07, 6.45) is 0. The number of rotatable bonds is 2. The van der Waals surface area contributed by atoms with E-state index in [4.69, 9.17) is 23.2 Å². The Balaban J connectivity index is 0.000000677. The van der Waals surface area contributed by atoms with Gasteiger partial charge in [0.2, 0.25) is 0 Å². The molecule has 21 heavy (non-hydrogen) atoms. The lowest BCUT2D eigenvalue weighted by Crippen LogP contribution is -2.11. The number of hydrogen-bond donors (Lipinski definition) is 0. The van der Waals surface area contributed by atoms with Gasteiger partial charge >= 0.3 is 11.9 Å². The number of hydrogen-bond acceptors (Lipinski definition) is 4. The first-order chi connectivity index (χ1) is 10.2. The highest BCUT2D eigenvalue weighted by molar-refractivity contribution is 6.40. The summed E-state index contributed by atoms with van der Waals surface area (Å²) in [4.78, 5) is 31.9. The molecular formula is C15H12Cl2O4. The number of carbonyl (C=O) groups excluding carboxylic acids is 2. The SMILES string of the molecule is ClCCl.O=C(OOC(=O)c1ccccc1)c1ccccc1. The molecule has 0 atom stereocenters. The molecule has 0 aromatic heterocycles. The van der Waals surface area contributed by atoms with Gasteiger partial charge in [0.15, 0.2) is 0 Å². The molecule has 0 aliphatic rings. The van der Waals surface area contributed by atoms with Gasteiger partial charge in [-0.3, -0.25) is 0 Å². The van der Waals surface area contributed by atoms with E-state index in [1.165, 1.54) is 0 Å². The van der Waals surface area contributed by atoms with Crippen molar-refractivity contribution in [2.45, 2.75) is 0 Å². The molecule has 0 fully saturated rings. The molecule has 0 bridgehead atoms. The summed E-state index contributed by atoms with van der Waals surface area (Å²) in [5, 5.41) is 0.194. The van der Waals surface area contributed by atoms with E-state index in [9.17, 15) is 9.59 Å². The second-order valence-electron chi connectivity index (χ2n) is 3.57. The topological polar surface area (TPSA) is 52.6 Å². The van der Waals surface area contributed by atoms with Crippen LogP contribution in [0.1, 0.15) is 20.7 Å². The van der Waals surface area contributed by atoms with Crippen LogP contribution in [0.3, 0.4) is 0 Å². The summed E-state index contributed by atoms with van der Waals surface area (Å²) < 4.78 is 0. The van der Waals surface area contributed by atoms with Crippen LogP contribution in [0.5, 0.6) is 0 Å². The first-order valence-corrected chi connectivity index (χ1v) is 6.91. The Bertz CT molecular complexity index is 507. The summed E-state index contributed by atoms with van der Waals surface area (Å²) in [6, 6.07) is 16.6. The third-order valence-electron chi connectivity index (χ3n) is 2.21. The van der Waals surface area contributed by atoms with Crippen LogP contribution in [0.25, 0.3) is 0 Å². The van der Waals surface area contributed by atoms with E-state index in [1.807, 2.05) is 0 Å². The summed E-state index contributed by atoms with van der Waals surface area (Å²) in [5.74, 6) is -1.42. The van der Waals surface area contributed by atoms with E-state index in [0.29, 0.717) is 11.1 Å². The Hall–Kier alpha value is -2.04. The summed E-state index contributed by atoms with van der Waals surface area (Å²) in [7, 11) is 0. The van der Waals surface area contributed by atoms with E-state index in [0.717, 1.165) is 0 Å². The monoisotopic (exact) mass is 326 g/mol. The zero-order chi connectivity index (χ0) is 15.5. The summed E-state index contributed by atoms with van der Waals surface area (Å²) in [5.41, 5.74) is 0.636. The van der Waals surface area contributed by atoms with Gasteiger partial charge in [-0.15, -0.1) is 23.2 Å². The predicted octanol–water partition coefficient (Wildman–Crippen LogP) is 4.04. The molecule has 110 valence electrons. The lowest BCUT2D eigenvalue weighted by molar-refractivity contribution is -0.187. The Kier molecular flexibility index (Phi) is 7.94. The van der Waals surface area contributed by atoms with Gasteiger partial charge in [-0.05, 0) is 24.3 Å². The molecule has 2 rings (SSSR count). The van der Waals surface area contributed by atoms with Crippen LogP contribution in [0.15, 0.2) is 60.7 Å². The second-order valence-corrected chi connectivity index (χ2v) is 4.38. The standard InChI is InChI=1S/C14H10O4.CH2Cl2/c15-13(11-7-3-1-4-8-11)17-18-14(16)12-9-5-2-6-10-12;2-1-3/h1-10H;1H2. The smallest absolute Gasteiger partial charge is 0.242 e. The molecule has 0 saturated carbocycles. The largest absolute Gasteiger partial charge is 0.386 e. The van der Waals surface area contributed by atoms with E-state index in [1.54, 1.807) is 60.7 Å². The molecule has 2 aromatic carbocycles. The number of benzene rings is 2. The Morgan fingerprint density at radius 1 is 0.714 bits per heavy atom. The molecule has 0 heterocycles. The van der Waals surface area contributed by atoms with Gasteiger partial charge in [-0.1, -0.05) is 36.4 Å². The molecule has 0 spiro atoms. The highest BCUT2D eigenvalue weighted by Crippen LogP contribution is 2.05. The third kappa shape index (κ3) is 6.29. The van der Waals surface area contributed by atoms with Crippen molar-refractivity contribution in [3.05, 3.63) is 71.8 Å². The third-order valence-corrected chi connectivity index (χ3v) is 2.21. The quantitative estimate of drug-likeness (QED) is 0.475. The highest BCUT2D eigenvalue weighted by atomic mass is 35.5. The fourth-order valence-corrected chi connectivity index (χ4v) is 1.32. The predicted molar refractivity (Wildman–Crippen MR) is 80.3 cm³/mol. The van der Waals surface area contributed by atoms with Crippen molar-refractivity contribution in [3.63, 3.8) is 0 Å². The molecular weight excluding hydrogens is 315 g/mol. The number of alkyl halides is 2. The van der Waals surface area contributed by atoms with Crippen LogP contribution >= 0.6 is 23.2 Å². The van der Waals surface area contributed by atoms with Gasteiger partial charge < -0.3 is 0 Å². The molecule has 6 heteroatoms. The van der Waals surface area contributed by atoms with Gasteiger partial charge in [0, 0.05) is 0 Å². The van der Waals surface area contributed by atoms with Crippen LogP contribution in [0.4, 0.5) is 0 Å². The molecule has 0 aliphatic carbocycles. The van der Waals surface area contributed by atoms with Crippen LogP contribution in [-0.4, -0.2) is 17.3 Å². The van der Waals surface area contributed by atoms with Crippen LogP contribution in [-0.2, 0) is 9.78 Å². The fourth-order valence-electron chi connectivity index (χ4n) is 1.32. The maximum atomic E-state index is 11.5. The van der Waals surface area contributed by atoms with E-state index < -0.39 is 11.9 Å². The summed E-state index contributed by atoms with van der Waals surface area (Å²) in [6.45, 7) is 0. The second kappa shape index (κ2) is 9.80. The van der Waals surface area contributed by atoms with Gasteiger partial charge in [0.25, 0.3) is 0 Å². The average molecular weight is 327 g/mol. The first kappa shape index (κ1) is 17.0. The molecule has 0 amide bonds. The molecule has 0 unspecified atom stereocenters. The maximum absolute atomic E-state index is 11.5. The van der Waals surface area contributed by atoms with Crippen LogP contribution < -0.4 is 0 Å². The lowest BCUT2D eigenvalue weighted by atomic mass is 10.2. The average Bonchev–Trinajstić information content (AvgIpc) is 2.54. The molecule has 4 nitrogen and oxygen atoms in total. The van der Waals surface area contributed by atoms with Crippen molar-refractivity contribution in [2.24, 2.45) is 0 Å². The minimum absolute atomic E-state index is 0.194. The Morgan fingerprint density at radius 2 is 1.00 bits per heavy atom. The zero-order valence-corrected chi connectivity index (χ0v) is 12.4. The van der Waals surface area contributed by atoms with Crippen molar-refractivity contribution >= 4 is 35.1 Å². The Morgan fingerprint density at radius 3 is 1.29 bits per heavy atom. The van der Waals surface area contributed by atoms with Crippen molar-refractivity contribution < 1.29 is 19.4 Å². The molecule has 0 aliphatic heterocycles. The normalized spacial score (nSPS) is 9.05.